The molecule has 0 aromatic rings. The molecule has 16 heavy (non-hydrogen) atoms. The van der Waals surface area contributed by atoms with Gasteiger partial charge in [-0.1, -0.05) is 11.8 Å². The van der Waals surface area contributed by atoms with Crippen molar-refractivity contribution < 1.29 is 9.47 Å². The smallest absolute Gasteiger partial charge is 0.156 e. The molecule has 0 radical (unpaired) electrons. The van der Waals surface area contributed by atoms with Gasteiger partial charge in [0.15, 0.2) is 5.17 Å². The molecule has 1 unspecified atom stereocenters. The van der Waals surface area contributed by atoms with Crippen LogP contribution in [0.15, 0.2) is 4.99 Å². The number of unbranched alkanes of at least 4 members (excludes halogenated alkanes) is 1. The SMILES string of the molecule is COCCOCCCCN=C1NC(C)CS1. The highest BCUT2D eigenvalue weighted by Crippen LogP contribution is 2.12. The van der Waals surface area contributed by atoms with Crippen molar-refractivity contribution in [3.63, 3.8) is 0 Å². The van der Waals surface area contributed by atoms with Gasteiger partial charge in [-0.05, 0) is 19.8 Å². The molecule has 1 aliphatic rings. The molecule has 4 nitrogen and oxygen atoms in total. The van der Waals surface area contributed by atoms with Gasteiger partial charge in [0, 0.05) is 32.1 Å². The number of nitrogens with zero attached hydrogens (tertiary/aromatic N) is 1. The highest BCUT2D eigenvalue weighted by Gasteiger charge is 2.14. The molecule has 1 N–H and O–H groups in total. The van der Waals surface area contributed by atoms with Crippen molar-refractivity contribution in [1.29, 1.82) is 0 Å². The van der Waals surface area contributed by atoms with Crippen LogP contribution in [0.3, 0.4) is 0 Å². The van der Waals surface area contributed by atoms with E-state index < -0.39 is 0 Å². The Morgan fingerprint density at radius 2 is 2.25 bits per heavy atom. The maximum atomic E-state index is 5.37. The molecule has 1 fully saturated rings. The molecule has 1 aliphatic heterocycles. The summed E-state index contributed by atoms with van der Waals surface area (Å²) >= 11 is 1.82. The van der Waals surface area contributed by atoms with Crippen LogP contribution < -0.4 is 5.32 Å². The molecule has 0 spiro atoms. The number of methoxy groups -OCH3 is 1. The number of nitrogens with one attached hydrogen (secondary N) is 1. The molecule has 0 aliphatic carbocycles. The Morgan fingerprint density at radius 1 is 1.38 bits per heavy atom. The summed E-state index contributed by atoms with van der Waals surface area (Å²) in [4.78, 5) is 4.50. The van der Waals surface area contributed by atoms with Gasteiger partial charge in [0.2, 0.25) is 0 Å². The summed E-state index contributed by atoms with van der Waals surface area (Å²) in [5.41, 5.74) is 0. The lowest BCUT2D eigenvalue weighted by molar-refractivity contribution is 0.0690. The molecule has 0 amide bonds. The van der Waals surface area contributed by atoms with Gasteiger partial charge < -0.3 is 14.8 Å². The Morgan fingerprint density at radius 3 is 2.94 bits per heavy atom. The van der Waals surface area contributed by atoms with Crippen LogP contribution in [0, 0.1) is 0 Å². The number of thioether (sulfide) groups is 1. The van der Waals surface area contributed by atoms with Crippen molar-refractivity contribution in [3.05, 3.63) is 0 Å². The second-order valence-electron chi connectivity index (χ2n) is 3.86. The van der Waals surface area contributed by atoms with Crippen LogP contribution in [-0.4, -0.2) is 50.4 Å². The Kier molecular flexibility index (Phi) is 7.63. The summed E-state index contributed by atoms with van der Waals surface area (Å²) in [6, 6.07) is 0.570. The number of hydrogen-bond donors (Lipinski definition) is 1. The molecule has 1 saturated heterocycles. The maximum absolute atomic E-state index is 5.37. The molecular weight excluding hydrogens is 224 g/mol. The molecule has 1 rings (SSSR count). The van der Waals surface area contributed by atoms with E-state index in [4.69, 9.17) is 9.47 Å². The fraction of sp³-hybridized carbons (Fsp3) is 0.909. The minimum absolute atomic E-state index is 0.570. The summed E-state index contributed by atoms with van der Waals surface area (Å²) in [7, 11) is 1.69. The Balaban J connectivity index is 1.88. The first-order valence-corrected chi connectivity index (χ1v) is 6.82. The molecule has 0 saturated carbocycles. The minimum atomic E-state index is 0.570. The first kappa shape index (κ1) is 13.8. The summed E-state index contributed by atoms with van der Waals surface area (Å²) in [5, 5.41) is 4.44. The third-order valence-corrected chi connectivity index (χ3v) is 3.41. The van der Waals surface area contributed by atoms with Gasteiger partial charge in [-0.2, -0.15) is 0 Å². The van der Waals surface area contributed by atoms with Gasteiger partial charge in [0.1, 0.15) is 0 Å². The highest BCUT2D eigenvalue weighted by atomic mass is 32.2. The van der Waals surface area contributed by atoms with E-state index in [-0.39, 0.29) is 0 Å². The summed E-state index contributed by atoms with van der Waals surface area (Å²) in [6.07, 6.45) is 2.16. The predicted molar refractivity (Wildman–Crippen MR) is 69.3 cm³/mol. The number of ether oxygens (including phenoxy) is 2. The van der Waals surface area contributed by atoms with Crippen LogP contribution in [0.5, 0.6) is 0 Å². The predicted octanol–water partition coefficient (Wildman–Crippen LogP) is 1.51. The van der Waals surface area contributed by atoms with Crippen LogP contribution in [0.1, 0.15) is 19.8 Å². The van der Waals surface area contributed by atoms with Crippen molar-refractivity contribution in [2.24, 2.45) is 4.99 Å². The van der Waals surface area contributed by atoms with E-state index in [9.17, 15) is 0 Å². The fourth-order valence-electron chi connectivity index (χ4n) is 1.33. The van der Waals surface area contributed by atoms with Crippen LogP contribution in [0.4, 0.5) is 0 Å². The highest BCUT2D eigenvalue weighted by molar-refractivity contribution is 8.14. The van der Waals surface area contributed by atoms with Gasteiger partial charge in [-0.25, -0.2) is 0 Å². The molecular formula is C11H22N2O2S. The summed E-state index contributed by atoms with van der Waals surface area (Å²) in [5.74, 6) is 1.14. The molecule has 5 heteroatoms. The minimum Gasteiger partial charge on any atom is -0.382 e. The van der Waals surface area contributed by atoms with Gasteiger partial charge in [0.25, 0.3) is 0 Å². The van der Waals surface area contributed by atoms with Crippen molar-refractivity contribution in [3.8, 4) is 0 Å². The van der Waals surface area contributed by atoms with Crippen molar-refractivity contribution in [2.45, 2.75) is 25.8 Å². The molecule has 1 heterocycles. The van der Waals surface area contributed by atoms with E-state index in [1.165, 1.54) is 0 Å². The van der Waals surface area contributed by atoms with E-state index in [0.717, 1.165) is 36.9 Å². The van der Waals surface area contributed by atoms with Crippen molar-refractivity contribution in [2.75, 3.05) is 39.2 Å². The topological polar surface area (TPSA) is 42.9 Å². The van der Waals surface area contributed by atoms with Gasteiger partial charge in [-0.15, -0.1) is 0 Å². The molecule has 0 aromatic heterocycles. The number of rotatable bonds is 8. The summed E-state index contributed by atoms with van der Waals surface area (Å²) in [6.45, 7) is 5.26. The van der Waals surface area contributed by atoms with Crippen molar-refractivity contribution in [1.82, 2.24) is 5.32 Å². The third-order valence-electron chi connectivity index (χ3n) is 2.22. The number of aliphatic imine (C=N–C) groups is 1. The molecule has 0 aromatic carbocycles. The Labute approximate surface area is 102 Å². The second kappa shape index (κ2) is 8.84. The van der Waals surface area contributed by atoms with Crippen LogP contribution >= 0.6 is 11.8 Å². The van der Waals surface area contributed by atoms with Crippen LogP contribution in [0.25, 0.3) is 0 Å². The van der Waals surface area contributed by atoms with E-state index in [1.54, 1.807) is 7.11 Å². The maximum Gasteiger partial charge on any atom is 0.156 e. The normalized spacial score (nSPS) is 22.6. The van der Waals surface area contributed by atoms with Gasteiger partial charge >= 0.3 is 0 Å². The zero-order valence-electron chi connectivity index (χ0n) is 10.2. The van der Waals surface area contributed by atoms with E-state index in [0.29, 0.717) is 19.3 Å². The monoisotopic (exact) mass is 246 g/mol. The molecule has 0 bridgehead atoms. The zero-order valence-corrected chi connectivity index (χ0v) is 11.0. The summed E-state index contributed by atoms with van der Waals surface area (Å²) < 4.78 is 10.3. The fourth-order valence-corrected chi connectivity index (χ4v) is 2.29. The lowest BCUT2D eigenvalue weighted by Gasteiger charge is -2.03. The molecule has 94 valence electrons. The Bertz CT molecular complexity index is 212. The largest absolute Gasteiger partial charge is 0.382 e. The standard InChI is InChI=1S/C11H22N2O2S/c1-10-9-16-11(13-10)12-5-3-4-6-15-8-7-14-2/h10H,3-9H2,1-2H3,(H,12,13). The first-order valence-electron chi connectivity index (χ1n) is 5.83. The quantitative estimate of drug-likeness (QED) is 0.659. The first-order chi connectivity index (χ1) is 7.83. The van der Waals surface area contributed by atoms with Crippen molar-refractivity contribution >= 4 is 16.9 Å². The van der Waals surface area contributed by atoms with Gasteiger partial charge in [-0.3, -0.25) is 4.99 Å². The van der Waals surface area contributed by atoms with E-state index in [2.05, 4.69) is 17.2 Å². The lowest BCUT2D eigenvalue weighted by Crippen LogP contribution is -2.23. The lowest BCUT2D eigenvalue weighted by atomic mass is 10.3. The molecule has 1 atom stereocenters. The Hall–Kier alpha value is -0.260. The zero-order chi connectivity index (χ0) is 11.6. The van der Waals surface area contributed by atoms with E-state index in [1.807, 2.05) is 11.8 Å². The third kappa shape index (κ3) is 6.35. The van der Waals surface area contributed by atoms with Crippen LogP contribution in [-0.2, 0) is 9.47 Å². The van der Waals surface area contributed by atoms with Crippen LogP contribution in [0.2, 0.25) is 0 Å². The number of amidine groups is 1. The van der Waals surface area contributed by atoms with Gasteiger partial charge in [0.05, 0.1) is 13.2 Å². The average molecular weight is 246 g/mol. The second-order valence-corrected chi connectivity index (χ2v) is 4.86. The number of hydrogen-bond acceptors (Lipinski definition) is 4. The van der Waals surface area contributed by atoms with E-state index >= 15 is 0 Å². The average Bonchev–Trinajstić information content (AvgIpc) is 2.68.